The first-order chi connectivity index (χ1) is 12.5. The van der Waals surface area contributed by atoms with Crippen molar-refractivity contribution in [2.24, 2.45) is 4.99 Å². The number of guanidine groups is 1. The van der Waals surface area contributed by atoms with Crippen LogP contribution in [0.2, 0.25) is 0 Å². The summed E-state index contributed by atoms with van der Waals surface area (Å²) in [4.78, 5) is 4.38. The molecule has 2 N–H and O–H groups in total. The van der Waals surface area contributed by atoms with Crippen LogP contribution in [0.15, 0.2) is 41.4 Å². The molecule has 0 saturated carbocycles. The van der Waals surface area contributed by atoms with E-state index in [0.717, 1.165) is 17.5 Å². The lowest BCUT2D eigenvalue weighted by molar-refractivity contribution is 0.609. The molecule has 7 heteroatoms. The van der Waals surface area contributed by atoms with E-state index in [9.17, 15) is 8.78 Å². The minimum Gasteiger partial charge on any atom is -0.357 e. The Bertz CT molecular complexity index is 831. The summed E-state index contributed by atoms with van der Waals surface area (Å²) in [6.45, 7) is 5.29. The van der Waals surface area contributed by atoms with Crippen molar-refractivity contribution in [3.8, 4) is 6.07 Å². The summed E-state index contributed by atoms with van der Waals surface area (Å²) in [6, 6.07) is 11.0. The first-order valence-electron chi connectivity index (χ1n) is 8.49. The van der Waals surface area contributed by atoms with Crippen LogP contribution in [0.4, 0.5) is 8.78 Å². The summed E-state index contributed by atoms with van der Waals surface area (Å²) >= 11 is 0. The third-order valence-electron chi connectivity index (χ3n) is 3.93. The monoisotopic (exact) mass is 484 g/mol. The maximum absolute atomic E-state index is 13.9. The summed E-state index contributed by atoms with van der Waals surface area (Å²) in [5.41, 5.74) is 2.69. The van der Waals surface area contributed by atoms with Crippen molar-refractivity contribution in [3.05, 3.63) is 70.3 Å². The van der Waals surface area contributed by atoms with E-state index in [4.69, 9.17) is 5.26 Å². The highest BCUT2D eigenvalue weighted by atomic mass is 127. The van der Waals surface area contributed by atoms with Gasteiger partial charge in [-0.15, -0.1) is 24.0 Å². The molecule has 0 unspecified atom stereocenters. The molecule has 0 spiro atoms. The lowest BCUT2D eigenvalue weighted by Crippen LogP contribution is -2.38. The predicted octanol–water partition coefficient (Wildman–Crippen LogP) is 4.06. The predicted molar refractivity (Wildman–Crippen MR) is 114 cm³/mol. The number of rotatable bonds is 6. The van der Waals surface area contributed by atoms with E-state index in [-0.39, 0.29) is 41.9 Å². The molecule has 2 aromatic carbocycles. The number of benzene rings is 2. The summed E-state index contributed by atoms with van der Waals surface area (Å²) in [7, 11) is 0. The van der Waals surface area contributed by atoms with Crippen LogP contribution in [0.1, 0.15) is 29.2 Å². The van der Waals surface area contributed by atoms with Gasteiger partial charge in [-0.1, -0.05) is 12.1 Å². The molecular weight excluding hydrogens is 461 g/mol. The van der Waals surface area contributed by atoms with Crippen molar-refractivity contribution >= 4 is 29.9 Å². The second-order valence-electron chi connectivity index (χ2n) is 5.86. The van der Waals surface area contributed by atoms with Crippen molar-refractivity contribution in [1.82, 2.24) is 10.6 Å². The maximum atomic E-state index is 13.9. The fourth-order valence-corrected chi connectivity index (χ4v) is 2.51. The first-order valence-corrected chi connectivity index (χ1v) is 8.49. The van der Waals surface area contributed by atoms with Crippen LogP contribution in [-0.2, 0) is 13.0 Å². The second kappa shape index (κ2) is 11.5. The zero-order chi connectivity index (χ0) is 18.9. The Kier molecular flexibility index (Phi) is 9.72. The Morgan fingerprint density at radius 3 is 2.48 bits per heavy atom. The van der Waals surface area contributed by atoms with E-state index < -0.39 is 5.82 Å². The molecule has 0 saturated heterocycles. The molecule has 144 valence electrons. The van der Waals surface area contributed by atoms with Crippen molar-refractivity contribution in [2.45, 2.75) is 26.8 Å². The smallest absolute Gasteiger partial charge is 0.191 e. The van der Waals surface area contributed by atoms with Gasteiger partial charge in [0.2, 0.25) is 0 Å². The highest BCUT2D eigenvalue weighted by molar-refractivity contribution is 14.0. The second-order valence-corrected chi connectivity index (χ2v) is 5.86. The molecule has 0 fully saturated rings. The van der Waals surface area contributed by atoms with Gasteiger partial charge in [0.05, 0.1) is 18.2 Å². The number of hydrogen-bond donors (Lipinski definition) is 2. The molecule has 27 heavy (non-hydrogen) atoms. The van der Waals surface area contributed by atoms with E-state index in [1.807, 2.05) is 19.9 Å². The van der Waals surface area contributed by atoms with Crippen molar-refractivity contribution < 1.29 is 8.78 Å². The molecule has 0 radical (unpaired) electrons. The first kappa shape index (κ1) is 22.8. The minimum absolute atomic E-state index is 0. The fraction of sp³-hybridized carbons (Fsp3) is 0.300. The molecule has 2 aromatic rings. The average Bonchev–Trinajstić information content (AvgIpc) is 2.62. The Balaban J connectivity index is 0.00000364. The summed E-state index contributed by atoms with van der Waals surface area (Å²) in [6.07, 6.45) is 0.724. The van der Waals surface area contributed by atoms with Gasteiger partial charge in [0.25, 0.3) is 0 Å². The maximum Gasteiger partial charge on any atom is 0.191 e. The van der Waals surface area contributed by atoms with Gasteiger partial charge in [-0.2, -0.15) is 5.26 Å². The van der Waals surface area contributed by atoms with Crippen LogP contribution in [-0.4, -0.2) is 19.0 Å². The zero-order valence-electron chi connectivity index (χ0n) is 15.4. The van der Waals surface area contributed by atoms with Crippen LogP contribution in [0, 0.1) is 29.9 Å². The SMILES string of the molecule is CCNC(=NCc1ccc(C#N)cc1F)NCCc1ccc(F)cc1C.I. The minimum atomic E-state index is -0.439. The lowest BCUT2D eigenvalue weighted by Gasteiger charge is -2.12. The Morgan fingerprint density at radius 1 is 1.11 bits per heavy atom. The van der Waals surface area contributed by atoms with Gasteiger partial charge in [-0.05, 0) is 55.7 Å². The molecular formula is C20H23F2IN4. The molecule has 0 amide bonds. The third-order valence-corrected chi connectivity index (χ3v) is 3.93. The Morgan fingerprint density at radius 2 is 1.85 bits per heavy atom. The van der Waals surface area contributed by atoms with Gasteiger partial charge in [0.1, 0.15) is 11.6 Å². The summed E-state index contributed by atoms with van der Waals surface area (Å²) in [5.74, 6) is -0.0971. The molecule has 0 bridgehead atoms. The molecule has 0 heterocycles. The Labute approximate surface area is 175 Å². The van der Waals surface area contributed by atoms with E-state index in [1.54, 1.807) is 18.2 Å². The highest BCUT2D eigenvalue weighted by Crippen LogP contribution is 2.12. The molecule has 0 aliphatic heterocycles. The number of nitrogens with one attached hydrogen (secondary N) is 2. The number of halogens is 3. The number of hydrogen-bond acceptors (Lipinski definition) is 2. The third kappa shape index (κ3) is 7.13. The van der Waals surface area contributed by atoms with Crippen LogP contribution in [0.3, 0.4) is 0 Å². The molecule has 4 nitrogen and oxygen atoms in total. The number of aliphatic imine (C=N–C) groups is 1. The van der Waals surface area contributed by atoms with Crippen LogP contribution >= 0.6 is 24.0 Å². The van der Waals surface area contributed by atoms with Gasteiger partial charge in [-0.3, -0.25) is 0 Å². The fourth-order valence-electron chi connectivity index (χ4n) is 2.51. The van der Waals surface area contributed by atoms with Crippen molar-refractivity contribution in [2.75, 3.05) is 13.1 Å². The van der Waals surface area contributed by atoms with E-state index >= 15 is 0 Å². The van der Waals surface area contributed by atoms with Crippen LogP contribution in [0.25, 0.3) is 0 Å². The van der Waals surface area contributed by atoms with E-state index in [1.165, 1.54) is 18.2 Å². The molecule has 0 atom stereocenters. The van der Waals surface area contributed by atoms with E-state index in [2.05, 4.69) is 15.6 Å². The highest BCUT2D eigenvalue weighted by Gasteiger charge is 2.05. The zero-order valence-corrected chi connectivity index (χ0v) is 17.7. The normalized spacial score (nSPS) is 10.7. The van der Waals surface area contributed by atoms with Gasteiger partial charge in [-0.25, -0.2) is 13.8 Å². The van der Waals surface area contributed by atoms with Gasteiger partial charge in [0.15, 0.2) is 5.96 Å². The summed E-state index contributed by atoms with van der Waals surface area (Å²) in [5, 5.41) is 15.1. The van der Waals surface area contributed by atoms with Gasteiger partial charge >= 0.3 is 0 Å². The molecule has 0 aliphatic rings. The topological polar surface area (TPSA) is 60.2 Å². The summed E-state index contributed by atoms with van der Waals surface area (Å²) < 4.78 is 27.1. The van der Waals surface area contributed by atoms with Crippen molar-refractivity contribution in [1.29, 1.82) is 5.26 Å². The van der Waals surface area contributed by atoms with Crippen LogP contribution < -0.4 is 10.6 Å². The molecule has 2 rings (SSSR count). The standard InChI is InChI=1S/C20H22F2N4.HI/c1-3-24-20(25-9-8-16-6-7-18(21)10-14(16)2)26-13-17-5-4-15(12-23)11-19(17)22;/h4-7,10-11H,3,8-9,13H2,1-2H3,(H2,24,25,26);1H. The number of nitriles is 1. The van der Waals surface area contributed by atoms with Gasteiger partial charge in [0, 0.05) is 18.7 Å². The van der Waals surface area contributed by atoms with E-state index in [0.29, 0.717) is 24.6 Å². The molecule has 0 aromatic heterocycles. The number of nitrogens with zero attached hydrogens (tertiary/aromatic N) is 2. The average molecular weight is 484 g/mol. The lowest BCUT2D eigenvalue weighted by atomic mass is 10.1. The van der Waals surface area contributed by atoms with Gasteiger partial charge < -0.3 is 10.6 Å². The largest absolute Gasteiger partial charge is 0.357 e. The van der Waals surface area contributed by atoms with Crippen molar-refractivity contribution in [3.63, 3.8) is 0 Å². The molecule has 0 aliphatic carbocycles. The number of aryl methyl sites for hydroxylation is 1. The Hall–Kier alpha value is -2.21. The quantitative estimate of drug-likeness (QED) is 0.370. The van der Waals surface area contributed by atoms with Crippen LogP contribution in [0.5, 0.6) is 0 Å².